The summed E-state index contributed by atoms with van der Waals surface area (Å²) in [7, 11) is 0. The minimum atomic E-state index is -0.437. The molecule has 98 valence electrons. The molecule has 0 aliphatic heterocycles. The SMILES string of the molecule is CCOC(=O)c1ccc(Nc2cncc(F)c2)nc1. The summed E-state index contributed by atoms with van der Waals surface area (Å²) in [5.74, 6) is -0.373. The zero-order chi connectivity index (χ0) is 13.7. The van der Waals surface area contributed by atoms with Crippen molar-refractivity contribution in [2.75, 3.05) is 11.9 Å². The van der Waals surface area contributed by atoms with Crippen LogP contribution in [0.5, 0.6) is 0 Å². The molecule has 0 saturated heterocycles. The van der Waals surface area contributed by atoms with Gasteiger partial charge in [0.05, 0.1) is 30.3 Å². The summed E-state index contributed by atoms with van der Waals surface area (Å²) in [4.78, 5) is 19.2. The van der Waals surface area contributed by atoms with E-state index >= 15 is 0 Å². The number of carbonyl (C=O) groups is 1. The lowest BCUT2D eigenvalue weighted by Gasteiger charge is -2.06. The first-order valence-corrected chi connectivity index (χ1v) is 5.70. The minimum absolute atomic E-state index is 0.313. The zero-order valence-electron chi connectivity index (χ0n) is 10.3. The van der Waals surface area contributed by atoms with Gasteiger partial charge in [0.1, 0.15) is 11.6 Å². The molecule has 0 unspecified atom stereocenters. The normalized spacial score (nSPS) is 10.0. The molecule has 0 radical (unpaired) electrons. The number of aromatic nitrogens is 2. The van der Waals surface area contributed by atoms with Gasteiger partial charge in [-0.25, -0.2) is 14.2 Å². The topological polar surface area (TPSA) is 64.1 Å². The number of pyridine rings is 2. The number of esters is 1. The number of hydrogen-bond acceptors (Lipinski definition) is 5. The largest absolute Gasteiger partial charge is 0.462 e. The van der Waals surface area contributed by atoms with Gasteiger partial charge in [0.15, 0.2) is 0 Å². The van der Waals surface area contributed by atoms with Gasteiger partial charge < -0.3 is 10.1 Å². The summed E-state index contributed by atoms with van der Waals surface area (Å²) in [6.45, 7) is 2.05. The van der Waals surface area contributed by atoms with Crippen molar-refractivity contribution in [3.8, 4) is 0 Å². The molecule has 2 aromatic rings. The number of ether oxygens (including phenoxy) is 1. The van der Waals surface area contributed by atoms with Crippen LogP contribution in [0.4, 0.5) is 15.9 Å². The molecule has 0 fully saturated rings. The number of carbonyl (C=O) groups excluding carboxylic acids is 1. The smallest absolute Gasteiger partial charge is 0.339 e. The lowest BCUT2D eigenvalue weighted by molar-refractivity contribution is 0.0526. The third-order valence-electron chi connectivity index (χ3n) is 2.25. The van der Waals surface area contributed by atoms with Gasteiger partial charge >= 0.3 is 5.97 Å². The molecule has 1 N–H and O–H groups in total. The molecular formula is C13H12FN3O2. The summed E-state index contributed by atoms with van der Waals surface area (Å²) in [6, 6.07) is 4.49. The second-order valence-electron chi connectivity index (χ2n) is 3.67. The molecule has 0 bridgehead atoms. The molecule has 2 aromatic heterocycles. The highest BCUT2D eigenvalue weighted by Gasteiger charge is 2.06. The van der Waals surface area contributed by atoms with Gasteiger partial charge in [0.25, 0.3) is 0 Å². The molecule has 6 heteroatoms. The van der Waals surface area contributed by atoms with E-state index in [1.165, 1.54) is 18.5 Å². The van der Waals surface area contributed by atoms with Crippen molar-refractivity contribution < 1.29 is 13.9 Å². The molecule has 5 nitrogen and oxygen atoms in total. The van der Waals surface area contributed by atoms with Gasteiger partial charge in [-0.15, -0.1) is 0 Å². The number of halogens is 1. The van der Waals surface area contributed by atoms with Crippen LogP contribution in [-0.4, -0.2) is 22.5 Å². The number of anilines is 2. The Labute approximate surface area is 109 Å². The average molecular weight is 261 g/mol. The fourth-order valence-electron chi connectivity index (χ4n) is 1.43. The number of rotatable bonds is 4. The molecule has 2 heterocycles. The quantitative estimate of drug-likeness (QED) is 0.857. The van der Waals surface area contributed by atoms with Gasteiger partial charge in [-0.05, 0) is 19.1 Å². The monoisotopic (exact) mass is 261 g/mol. The Morgan fingerprint density at radius 1 is 1.37 bits per heavy atom. The lowest BCUT2D eigenvalue weighted by Crippen LogP contribution is -2.05. The van der Waals surface area contributed by atoms with E-state index in [1.54, 1.807) is 19.1 Å². The van der Waals surface area contributed by atoms with E-state index < -0.39 is 11.8 Å². The Morgan fingerprint density at radius 3 is 2.84 bits per heavy atom. The number of nitrogens with one attached hydrogen (secondary N) is 1. The highest BCUT2D eigenvalue weighted by atomic mass is 19.1. The first-order valence-electron chi connectivity index (χ1n) is 5.70. The predicted octanol–water partition coefficient (Wildman–Crippen LogP) is 2.54. The Bertz CT molecular complexity index is 572. The first-order chi connectivity index (χ1) is 9.19. The van der Waals surface area contributed by atoms with Crippen molar-refractivity contribution >= 4 is 17.5 Å². The standard InChI is InChI=1S/C13H12FN3O2/c1-2-19-13(18)9-3-4-12(16-6-9)17-11-5-10(14)7-15-8-11/h3-8H,2H2,1H3,(H,16,17). The Morgan fingerprint density at radius 2 is 2.21 bits per heavy atom. The predicted molar refractivity (Wildman–Crippen MR) is 67.7 cm³/mol. The number of hydrogen-bond donors (Lipinski definition) is 1. The maximum Gasteiger partial charge on any atom is 0.339 e. The van der Waals surface area contributed by atoms with Gasteiger partial charge in [-0.2, -0.15) is 0 Å². The second-order valence-corrected chi connectivity index (χ2v) is 3.67. The summed E-state index contributed by atoms with van der Waals surface area (Å²) < 4.78 is 17.8. The molecule has 0 spiro atoms. The first kappa shape index (κ1) is 12.9. The van der Waals surface area contributed by atoms with Gasteiger partial charge in [0.2, 0.25) is 0 Å². The molecule has 0 aliphatic carbocycles. The van der Waals surface area contributed by atoms with E-state index in [1.807, 2.05) is 0 Å². The van der Waals surface area contributed by atoms with Crippen molar-refractivity contribution in [1.29, 1.82) is 0 Å². The summed E-state index contributed by atoms with van der Waals surface area (Å²) in [6.07, 6.45) is 3.99. The highest BCUT2D eigenvalue weighted by Crippen LogP contribution is 2.14. The third kappa shape index (κ3) is 3.48. The summed E-state index contributed by atoms with van der Waals surface area (Å²) in [5.41, 5.74) is 0.848. The molecule has 0 amide bonds. The van der Waals surface area contributed by atoms with Crippen molar-refractivity contribution in [3.63, 3.8) is 0 Å². The summed E-state index contributed by atoms with van der Waals surface area (Å²) >= 11 is 0. The molecule has 0 aromatic carbocycles. The van der Waals surface area contributed by atoms with Crippen LogP contribution in [0, 0.1) is 5.82 Å². The van der Waals surface area contributed by atoms with E-state index in [-0.39, 0.29) is 0 Å². The van der Waals surface area contributed by atoms with E-state index in [4.69, 9.17) is 4.74 Å². The van der Waals surface area contributed by atoms with Gasteiger partial charge in [0, 0.05) is 12.3 Å². The van der Waals surface area contributed by atoms with Crippen LogP contribution in [0.3, 0.4) is 0 Å². The van der Waals surface area contributed by atoms with Crippen LogP contribution in [0.15, 0.2) is 36.8 Å². The molecule has 0 aliphatic rings. The lowest BCUT2D eigenvalue weighted by atomic mass is 10.3. The van der Waals surface area contributed by atoms with E-state index in [0.29, 0.717) is 23.7 Å². The maximum absolute atomic E-state index is 12.9. The maximum atomic E-state index is 12.9. The van der Waals surface area contributed by atoms with E-state index in [9.17, 15) is 9.18 Å². The molecule has 2 rings (SSSR count). The Balaban J connectivity index is 2.08. The van der Waals surface area contributed by atoms with E-state index in [2.05, 4.69) is 15.3 Å². The van der Waals surface area contributed by atoms with Crippen LogP contribution >= 0.6 is 0 Å². The van der Waals surface area contributed by atoms with Crippen LogP contribution in [0.25, 0.3) is 0 Å². The molecule has 0 atom stereocenters. The number of nitrogens with zero attached hydrogens (tertiary/aromatic N) is 2. The van der Waals surface area contributed by atoms with Gasteiger partial charge in [-0.3, -0.25) is 4.98 Å². The van der Waals surface area contributed by atoms with Gasteiger partial charge in [-0.1, -0.05) is 0 Å². The van der Waals surface area contributed by atoms with E-state index in [0.717, 1.165) is 6.20 Å². The van der Waals surface area contributed by atoms with Crippen molar-refractivity contribution in [2.45, 2.75) is 6.92 Å². The fraction of sp³-hybridized carbons (Fsp3) is 0.154. The van der Waals surface area contributed by atoms with Crippen LogP contribution < -0.4 is 5.32 Å². The highest BCUT2D eigenvalue weighted by molar-refractivity contribution is 5.89. The van der Waals surface area contributed by atoms with Crippen LogP contribution in [0.1, 0.15) is 17.3 Å². The van der Waals surface area contributed by atoms with Crippen molar-refractivity contribution in [1.82, 2.24) is 9.97 Å². The fourth-order valence-corrected chi connectivity index (χ4v) is 1.43. The Hall–Kier alpha value is -2.50. The van der Waals surface area contributed by atoms with Crippen molar-refractivity contribution in [2.24, 2.45) is 0 Å². The van der Waals surface area contributed by atoms with Crippen molar-refractivity contribution in [3.05, 3.63) is 48.2 Å². The van der Waals surface area contributed by atoms with Crippen LogP contribution in [-0.2, 0) is 4.74 Å². The summed E-state index contributed by atoms with van der Waals surface area (Å²) in [5, 5.41) is 2.88. The van der Waals surface area contributed by atoms with Crippen LogP contribution in [0.2, 0.25) is 0 Å². The second kappa shape index (κ2) is 5.90. The third-order valence-corrected chi connectivity index (χ3v) is 2.25. The molecule has 0 saturated carbocycles. The Kier molecular flexibility index (Phi) is 4.02. The molecule has 19 heavy (non-hydrogen) atoms. The average Bonchev–Trinajstić information content (AvgIpc) is 2.40. The molecular weight excluding hydrogens is 249 g/mol. The minimum Gasteiger partial charge on any atom is -0.462 e. The zero-order valence-corrected chi connectivity index (χ0v) is 10.3.